The molecule has 1 aliphatic rings. The summed E-state index contributed by atoms with van der Waals surface area (Å²) in [6, 6.07) is 22.0. The number of hydrogen-bond acceptors (Lipinski definition) is 4. The number of amides is 1. The van der Waals surface area contributed by atoms with E-state index in [9.17, 15) is 10.1 Å². The first-order chi connectivity index (χ1) is 16.6. The molecule has 0 aliphatic heterocycles. The van der Waals surface area contributed by atoms with E-state index in [-0.39, 0.29) is 17.5 Å². The van der Waals surface area contributed by atoms with E-state index in [0.717, 1.165) is 30.2 Å². The predicted octanol–water partition coefficient (Wildman–Crippen LogP) is 6.03. The zero-order valence-corrected chi connectivity index (χ0v) is 19.7. The van der Waals surface area contributed by atoms with Gasteiger partial charge in [0.1, 0.15) is 18.2 Å². The molecule has 1 N–H and O–H groups in total. The molecule has 0 unspecified atom stereocenters. The van der Waals surface area contributed by atoms with E-state index in [4.69, 9.17) is 9.47 Å². The van der Waals surface area contributed by atoms with Gasteiger partial charge < -0.3 is 14.8 Å². The van der Waals surface area contributed by atoms with E-state index >= 15 is 0 Å². The van der Waals surface area contributed by atoms with Crippen molar-refractivity contribution >= 4 is 22.8 Å². The Hall–Kier alpha value is -3.78. The van der Waals surface area contributed by atoms with Crippen molar-refractivity contribution < 1.29 is 14.3 Å². The molecule has 5 heteroatoms. The molecule has 4 rings (SSSR count). The summed E-state index contributed by atoms with van der Waals surface area (Å²) in [5, 5.41) is 15.0. The summed E-state index contributed by atoms with van der Waals surface area (Å²) in [6.07, 6.45) is 5.97. The molecule has 0 radical (unpaired) electrons. The standard InChI is InChI=1S/C29H30N2O3/c1-20-8-3-6-13-26(20)31-29(32)24(18-30)16-21-14-15-27(28(17-21)33-2)34-19-23-11-7-10-22-9-4-5-12-25(22)23/h4-5,7,9-12,14-17,20,26H,3,6,8,13,19H2,1-2H3,(H,31,32)/b24-16+/t20-,26+/m1/s1. The molecule has 0 heterocycles. The summed E-state index contributed by atoms with van der Waals surface area (Å²) in [7, 11) is 1.58. The first-order valence-corrected chi connectivity index (χ1v) is 11.8. The van der Waals surface area contributed by atoms with E-state index in [2.05, 4.69) is 36.5 Å². The topological polar surface area (TPSA) is 71.3 Å². The first kappa shape index (κ1) is 23.4. The van der Waals surface area contributed by atoms with Gasteiger partial charge in [0.15, 0.2) is 11.5 Å². The van der Waals surface area contributed by atoms with Crippen molar-refractivity contribution in [2.24, 2.45) is 5.92 Å². The van der Waals surface area contributed by atoms with Crippen LogP contribution >= 0.6 is 0 Å². The van der Waals surface area contributed by atoms with Crippen LogP contribution in [-0.4, -0.2) is 19.1 Å². The summed E-state index contributed by atoms with van der Waals surface area (Å²) < 4.78 is 11.6. The van der Waals surface area contributed by atoms with Crippen molar-refractivity contribution in [3.63, 3.8) is 0 Å². The molecule has 1 amide bonds. The minimum Gasteiger partial charge on any atom is -0.493 e. The Morgan fingerprint density at radius 3 is 2.68 bits per heavy atom. The summed E-state index contributed by atoms with van der Waals surface area (Å²) >= 11 is 0. The molecule has 2 atom stereocenters. The van der Waals surface area contributed by atoms with Gasteiger partial charge in [-0.15, -0.1) is 0 Å². The molecule has 0 aromatic heterocycles. The highest BCUT2D eigenvalue weighted by Crippen LogP contribution is 2.31. The molecular weight excluding hydrogens is 424 g/mol. The fraction of sp³-hybridized carbons (Fsp3) is 0.310. The van der Waals surface area contributed by atoms with Gasteiger partial charge >= 0.3 is 0 Å². The number of methoxy groups -OCH3 is 1. The SMILES string of the molecule is COc1cc(/C=C(\C#N)C(=O)N[C@H]2CCCC[C@H]2C)ccc1OCc1cccc2ccccc12. The van der Waals surface area contributed by atoms with Gasteiger partial charge in [0.2, 0.25) is 0 Å². The summed E-state index contributed by atoms with van der Waals surface area (Å²) in [4.78, 5) is 12.7. The number of nitrogens with zero attached hydrogens (tertiary/aromatic N) is 1. The molecule has 174 valence electrons. The lowest BCUT2D eigenvalue weighted by Gasteiger charge is -2.29. The highest BCUT2D eigenvalue weighted by molar-refractivity contribution is 6.01. The average Bonchev–Trinajstić information content (AvgIpc) is 2.87. The molecule has 0 spiro atoms. The van der Waals surface area contributed by atoms with Crippen LogP contribution in [0.3, 0.4) is 0 Å². The average molecular weight is 455 g/mol. The number of rotatable bonds is 7. The van der Waals surface area contributed by atoms with Crippen LogP contribution in [0.4, 0.5) is 0 Å². The van der Waals surface area contributed by atoms with Crippen molar-refractivity contribution in [1.29, 1.82) is 5.26 Å². The van der Waals surface area contributed by atoms with Gasteiger partial charge in [-0.1, -0.05) is 68.3 Å². The zero-order valence-electron chi connectivity index (χ0n) is 19.7. The monoisotopic (exact) mass is 454 g/mol. The molecule has 1 saturated carbocycles. The Bertz CT molecular complexity index is 1240. The van der Waals surface area contributed by atoms with Crippen LogP contribution in [0.25, 0.3) is 16.8 Å². The zero-order chi connectivity index (χ0) is 23.9. The Morgan fingerprint density at radius 1 is 1.09 bits per heavy atom. The molecule has 1 aliphatic carbocycles. The Kier molecular flexibility index (Phi) is 7.49. The number of fused-ring (bicyclic) bond motifs is 1. The van der Waals surface area contributed by atoms with Crippen LogP contribution in [0.5, 0.6) is 11.5 Å². The number of benzene rings is 3. The highest BCUT2D eigenvalue weighted by Gasteiger charge is 2.24. The molecule has 5 nitrogen and oxygen atoms in total. The maximum absolute atomic E-state index is 12.7. The van der Waals surface area contributed by atoms with Crippen molar-refractivity contribution in [2.45, 2.75) is 45.3 Å². The number of hydrogen-bond donors (Lipinski definition) is 1. The number of nitrogens with one attached hydrogen (secondary N) is 1. The maximum atomic E-state index is 12.7. The van der Waals surface area contributed by atoms with E-state index in [1.165, 1.54) is 11.8 Å². The van der Waals surface area contributed by atoms with E-state index < -0.39 is 0 Å². The lowest BCUT2D eigenvalue weighted by molar-refractivity contribution is -0.118. The van der Waals surface area contributed by atoms with Gasteiger partial charge in [0.25, 0.3) is 5.91 Å². The first-order valence-electron chi connectivity index (χ1n) is 11.8. The smallest absolute Gasteiger partial charge is 0.262 e. The number of ether oxygens (including phenoxy) is 2. The largest absolute Gasteiger partial charge is 0.493 e. The Balaban J connectivity index is 1.49. The van der Waals surface area contributed by atoms with Gasteiger partial charge in [-0.2, -0.15) is 5.26 Å². The van der Waals surface area contributed by atoms with E-state index in [1.807, 2.05) is 36.4 Å². The Morgan fingerprint density at radius 2 is 1.88 bits per heavy atom. The van der Waals surface area contributed by atoms with Crippen LogP contribution in [0.2, 0.25) is 0 Å². The third-order valence-electron chi connectivity index (χ3n) is 6.55. The second-order valence-corrected chi connectivity index (χ2v) is 8.85. The summed E-state index contributed by atoms with van der Waals surface area (Å²) in [5.74, 6) is 1.26. The van der Waals surface area contributed by atoms with E-state index in [0.29, 0.717) is 29.6 Å². The molecule has 34 heavy (non-hydrogen) atoms. The second-order valence-electron chi connectivity index (χ2n) is 8.85. The van der Waals surface area contributed by atoms with Crippen molar-refractivity contribution in [2.75, 3.05) is 7.11 Å². The van der Waals surface area contributed by atoms with Gasteiger partial charge in [0, 0.05) is 6.04 Å². The lowest BCUT2D eigenvalue weighted by Crippen LogP contribution is -2.41. The van der Waals surface area contributed by atoms with Crippen molar-refractivity contribution in [1.82, 2.24) is 5.32 Å². The van der Waals surface area contributed by atoms with Gasteiger partial charge in [-0.25, -0.2) is 0 Å². The molecule has 0 bridgehead atoms. The minimum atomic E-state index is -0.323. The third-order valence-corrected chi connectivity index (χ3v) is 6.55. The highest BCUT2D eigenvalue weighted by atomic mass is 16.5. The molecule has 1 fully saturated rings. The lowest BCUT2D eigenvalue weighted by atomic mass is 9.86. The number of nitriles is 1. The van der Waals surface area contributed by atoms with Crippen molar-refractivity contribution in [3.05, 3.63) is 77.4 Å². The van der Waals surface area contributed by atoms with Crippen LogP contribution in [0.15, 0.2) is 66.2 Å². The number of carbonyl (C=O) groups is 1. The molecule has 0 saturated heterocycles. The summed E-state index contributed by atoms with van der Waals surface area (Å²) in [6.45, 7) is 2.56. The quantitative estimate of drug-likeness (QED) is 0.350. The third kappa shape index (κ3) is 5.40. The Labute approximate surface area is 201 Å². The van der Waals surface area contributed by atoms with Crippen LogP contribution < -0.4 is 14.8 Å². The maximum Gasteiger partial charge on any atom is 0.262 e. The predicted molar refractivity (Wildman–Crippen MR) is 134 cm³/mol. The molecule has 3 aromatic rings. The molecule has 3 aromatic carbocycles. The van der Waals surface area contributed by atoms with Gasteiger partial charge in [-0.3, -0.25) is 4.79 Å². The summed E-state index contributed by atoms with van der Waals surface area (Å²) in [5.41, 5.74) is 1.88. The normalized spacial score (nSPS) is 18.2. The van der Waals surface area contributed by atoms with Crippen LogP contribution in [0, 0.1) is 17.2 Å². The van der Waals surface area contributed by atoms with Crippen LogP contribution in [-0.2, 0) is 11.4 Å². The fourth-order valence-corrected chi connectivity index (χ4v) is 4.56. The fourth-order valence-electron chi connectivity index (χ4n) is 4.56. The van der Waals surface area contributed by atoms with Crippen LogP contribution in [0.1, 0.15) is 43.7 Å². The molecular formula is C29H30N2O3. The second kappa shape index (κ2) is 10.9. The number of carbonyl (C=O) groups excluding carboxylic acids is 1. The van der Waals surface area contributed by atoms with E-state index in [1.54, 1.807) is 19.3 Å². The minimum absolute atomic E-state index is 0.0873. The van der Waals surface area contributed by atoms with Crippen molar-refractivity contribution in [3.8, 4) is 17.6 Å². The van der Waals surface area contributed by atoms with Gasteiger partial charge in [0.05, 0.1) is 7.11 Å². The van der Waals surface area contributed by atoms with Gasteiger partial charge in [-0.05, 0) is 58.9 Å².